The Labute approximate surface area is 78.8 Å². The molecule has 4 heteroatoms. The summed E-state index contributed by atoms with van der Waals surface area (Å²) in [4.78, 5) is 10.5. The zero-order valence-electron chi connectivity index (χ0n) is 8.36. The van der Waals surface area contributed by atoms with Crippen molar-refractivity contribution >= 4 is 0 Å². The average Bonchev–Trinajstić information content (AvgIpc) is 2.09. The number of nitrogens with two attached hydrogens (primary N) is 1. The van der Waals surface area contributed by atoms with E-state index in [1.54, 1.807) is 12.4 Å². The van der Waals surface area contributed by atoms with Gasteiger partial charge in [0.25, 0.3) is 0 Å². The molecule has 0 fully saturated rings. The molecule has 72 valence electrons. The Hall–Kier alpha value is -1.00. The van der Waals surface area contributed by atoms with E-state index in [9.17, 15) is 0 Å². The minimum absolute atomic E-state index is 0.161. The summed E-state index contributed by atoms with van der Waals surface area (Å²) in [6.07, 6.45) is 3.40. The summed E-state index contributed by atoms with van der Waals surface area (Å²) < 4.78 is 0. The van der Waals surface area contributed by atoms with Crippen LogP contribution in [0.5, 0.6) is 0 Å². The maximum absolute atomic E-state index is 5.67. The highest BCUT2D eigenvalue weighted by Crippen LogP contribution is 2.15. The molecule has 13 heavy (non-hydrogen) atoms. The first-order chi connectivity index (χ1) is 6.16. The number of aromatic nitrogens is 2. The lowest BCUT2D eigenvalue weighted by Crippen LogP contribution is -2.28. The second-order valence-corrected chi connectivity index (χ2v) is 3.24. The van der Waals surface area contributed by atoms with E-state index in [1.165, 1.54) is 0 Å². The van der Waals surface area contributed by atoms with Crippen molar-refractivity contribution in [1.29, 1.82) is 0 Å². The van der Waals surface area contributed by atoms with E-state index in [0.717, 1.165) is 11.4 Å². The van der Waals surface area contributed by atoms with Crippen LogP contribution >= 0.6 is 0 Å². The molecule has 1 atom stereocenters. The standard InChI is InChI=1S/C9H16N4/c1-7-9(12-5-4-11-7)8(6-10)13(2)3/h4-5,8H,6,10H2,1-3H3. The fourth-order valence-electron chi connectivity index (χ4n) is 1.31. The average molecular weight is 180 g/mol. The molecular weight excluding hydrogens is 164 g/mol. The summed E-state index contributed by atoms with van der Waals surface area (Å²) >= 11 is 0. The lowest BCUT2D eigenvalue weighted by atomic mass is 10.1. The van der Waals surface area contributed by atoms with Gasteiger partial charge in [0, 0.05) is 18.9 Å². The van der Waals surface area contributed by atoms with Gasteiger partial charge < -0.3 is 5.73 Å². The maximum atomic E-state index is 5.67. The van der Waals surface area contributed by atoms with Crippen molar-refractivity contribution in [3.05, 3.63) is 23.8 Å². The highest BCUT2D eigenvalue weighted by atomic mass is 15.1. The fourth-order valence-corrected chi connectivity index (χ4v) is 1.31. The molecule has 4 nitrogen and oxygen atoms in total. The highest BCUT2D eigenvalue weighted by Gasteiger charge is 2.15. The van der Waals surface area contributed by atoms with Gasteiger partial charge in [0.05, 0.1) is 17.4 Å². The van der Waals surface area contributed by atoms with Crippen LogP contribution in [0.3, 0.4) is 0 Å². The molecule has 0 aromatic carbocycles. The Morgan fingerprint density at radius 3 is 2.46 bits per heavy atom. The molecule has 1 rings (SSSR count). The van der Waals surface area contributed by atoms with Crippen LogP contribution in [0.4, 0.5) is 0 Å². The lowest BCUT2D eigenvalue weighted by Gasteiger charge is -2.22. The second kappa shape index (κ2) is 4.30. The van der Waals surface area contributed by atoms with Crippen LogP contribution in [0, 0.1) is 6.92 Å². The largest absolute Gasteiger partial charge is 0.329 e. The number of hydrogen-bond donors (Lipinski definition) is 1. The van der Waals surface area contributed by atoms with E-state index in [1.807, 2.05) is 21.0 Å². The predicted molar refractivity (Wildman–Crippen MR) is 52.3 cm³/mol. The van der Waals surface area contributed by atoms with Crippen LogP contribution < -0.4 is 5.73 Å². The van der Waals surface area contributed by atoms with Crippen molar-refractivity contribution in [2.75, 3.05) is 20.6 Å². The minimum Gasteiger partial charge on any atom is -0.329 e. The van der Waals surface area contributed by atoms with Crippen LogP contribution in [0.15, 0.2) is 12.4 Å². The van der Waals surface area contributed by atoms with Crippen LogP contribution in [-0.4, -0.2) is 35.5 Å². The van der Waals surface area contributed by atoms with Crippen molar-refractivity contribution < 1.29 is 0 Å². The molecule has 0 saturated carbocycles. The second-order valence-electron chi connectivity index (χ2n) is 3.24. The Morgan fingerprint density at radius 2 is 2.00 bits per heavy atom. The summed E-state index contributed by atoms with van der Waals surface area (Å²) in [5, 5.41) is 0. The smallest absolute Gasteiger partial charge is 0.0800 e. The summed E-state index contributed by atoms with van der Waals surface area (Å²) in [6.45, 7) is 2.51. The zero-order valence-corrected chi connectivity index (χ0v) is 8.36. The first kappa shape index (κ1) is 10.1. The van der Waals surface area contributed by atoms with E-state index in [2.05, 4.69) is 14.9 Å². The number of rotatable bonds is 3. The van der Waals surface area contributed by atoms with Crippen LogP contribution in [0.2, 0.25) is 0 Å². The molecule has 0 spiro atoms. The van der Waals surface area contributed by atoms with E-state index in [4.69, 9.17) is 5.73 Å². The van der Waals surface area contributed by atoms with Crippen molar-refractivity contribution in [2.24, 2.45) is 5.73 Å². The van der Waals surface area contributed by atoms with Crippen LogP contribution in [0.1, 0.15) is 17.4 Å². The van der Waals surface area contributed by atoms with E-state index < -0.39 is 0 Å². The van der Waals surface area contributed by atoms with E-state index >= 15 is 0 Å². The summed E-state index contributed by atoms with van der Waals surface area (Å²) in [5.74, 6) is 0. The summed E-state index contributed by atoms with van der Waals surface area (Å²) in [7, 11) is 3.98. The number of hydrogen-bond acceptors (Lipinski definition) is 4. The Bertz CT molecular complexity index is 272. The SMILES string of the molecule is Cc1nccnc1C(CN)N(C)C. The van der Waals surface area contributed by atoms with Gasteiger partial charge in [-0.3, -0.25) is 14.9 Å². The Morgan fingerprint density at radius 1 is 1.38 bits per heavy atom. The Balaban J connectivity index is 2.97. The van der Waals surface area contributed by atoms with Gasteiger partial charge in [-0.15, -0.1) is 0 Å². The summed E-state index contributed by atoms with van der Waals surface area (Å²) in [6, 6.07) is 0.161. The number of nitrogens with zero attached hydrogens (tertiary/aromatic N) is 3. The summed E-state index contributed by atoms with van der Waals surface area (Å²) in [5.41, 5.74) is 7.58. The molecule has 0 aliphatic heterocycles. The molecule has 0 bridgehead atoms. The molecule has 2 N–H and O–H groups in total. The van der Waals surface area contributed by atoms with Gasteiger partial charge in [0.2, 0.25) is 0 Å². The lowest BCUT2D eigenvalue weighted by molar-refractivity contribution is 0.298. The molecule has 1 heterocycles. The number of likely N-dealkylation sites (N-methyl/N-ethyl adjacent to an activating group) is 1. The van der Waals surface area contributed by atoms with Gasteiger partial charge in [0.1, 0.15) is 0 Å². The van der Waals surface area contributed by atoms with Crippen molar-refractivity contribution in [3.63, 3.8) is 0 Å². The van der Waals surface area contributed by atoms with E-state index in [0.29, 0.717) is 6.54 Å². The molecule has 1 aromatic rings. The third kappa shape index (κ3) is 2.23. The topological polar surface area (TPSA) is 55.0 Å². The molecule has 0 saturated heterocycles. The molecule has 0 amide bonds. The van der Waals surface area contributed by atoms with Gasteiger partial charge in [-0.25, -0.2) is 0 Å². The minimum atomic E-state index is 0.161. The maximum Gasteiger partial charge on any atom is 0.0800 e. The van der Waals surface area contributed by atoms with Crippen molar-refractivity contribution in [1.82, 2.24) is 14.9 Å². The van der Waals surface area contributed by atoms with Crippen molar-refractivity contribution in [2.45, 2.75) is 13.0 Å². The quantitative estimate of drug-likeness (QED) is 0.729. The van der Waals surface area contributed by atoms with E-state index in [-0.39, 0.29) is 6.04 Å². The molecule has 1 aromatic heterocycles. The monoisotopic (exact) mass is 180 g/mol. The molecular formula is C9H16N4. The van der Waals surface area contributed by atoms with Gasteiger partial charge >= 0.3 is 0 Å². The zero-order chi connectivity index (χ0) is 9.84. The normalized spacial score (nSPS) is 13.3. The third-order valence-electron chi connectivity index (χ3n) is 2.08. The highest BCUT2D eigenvalue weighted by molar-refractivity contribution is 5.13. The first-order valence-electron chi connectivity index (χ1n) is 4.30. The van der Waals surface area contributed by atoms with Gasteiger partial charge in [-0.1, -0.05) is 0 Å². The van der Waals surface area contributed by atoms with Crippen LogP contribution in [-0.2, 0) is 0 Å². The molecule has 0 radical (unpaired) electrons. The first-order valence-corrected chi connectivity index (χ1v) is 4.30. The third-order valence-corrected chi connectivity index (χ3v) is 2.08. The molecule has 0 aliphatic carbocycles. The molecule has 0 aliphatic rings. The van der Waals surface area contributed by atoms with Gasteiger partial charge in [-0.05, 0) is 21.0 Å². The van der Waals surface area contributed by atoms with Crippen LogP contribution in [0.25, 0.3) is 0 Å². The number of aryl methyl sites for hydroxylation is 1. The Kier molecular flexibility index (Phi) is 3.33. The molecule has 1 unspecified atom stereocenters. The predicted octanol–water partition coefficient (Wildman–Crippen LogP) is 0.346. The van der Waals surface area contributed by atoms with Gasteiger partial charge in [0.15, 0.2) is 0 Å². The van der Waals surface area contributed by atoms with Crippen molar-refractivity contribution in [3.8, 4) is 0 Å². The fraction of sp³-hybridized carbons (Fsp3) is 0.556. The van der Waals surface area contributed by atoms with Gasteiger partial charge in [-0.2, -0.15) is 0 Å².